The summed E-state index contributed by atoms with van der Waals surface area (Å²) in [6, 6.07) is 20.0. The van der Waals surface area contributed by atoms with E-state index in [1.54, 1.807) is 0 Å². The van der Waals surface area contributed by atoms with Crippen molar-refractivity contribution in [3.63, 3.8) is 0 Å². The van der Waals surface area contributed by atoms with Gasteiger partial charge in [-0.2, -0.15) is 0 Å². The number of benzene rings is 2. The molecule has 0 aromatic heterocycles. The molecule has 2 rings (SSSR count). The summed E-state index contributed by atoms with van der Waals surface area (Å²) in [4.78, 5) is 11.6. The summed E-state index contributed by atoms with van der Waals surface area (Å²) in [6.07, 6.45) is 3.82. The SMILES string of the molecule is O=C(C[Se]c1ccccc1)OC/C=C/c1ccccc1. The van der Waals surface area contributed by atoms with Crippen molar-refractivity contribution in [2.75, 3.05) is 6.61 Å². The van der Waals surface area contributed by atoms with Gasteiger partial charge in [0, 0.05) is 0 Å². The van der Waals surface area contributed by atoms with E-state index in [2.05, 4.69) is 0 Å². The Kier molecular flexibility index (Phi) is 6.09. The minimum absolute atomic E-state index is 0.133. The van der Waals surface area contributed by atoms with Crippen LogP contribution in [-0.4, -0.2) is 27.5 Å². The second-order valence-corrected chi connectivity index (χ2v) is 6.30. The number of ether oxygens (including phenoxy) is 1. The van der Waals surface area contributed by atoms with E-state index in [4.69, 9.17) is 4.74 Å². The van der Waals surface area contributed by atoms with Gasteiger partial charge in [0.1, 0.15) is 0 Å². The Morgan fingerprint density at radius 2 is 1.65 bits per heavy atom. The van der Waals surface area contributed by atoms with Gasteiger partial charge in [-0.1, -0.05) is 0 Å². The van der Waals surface area contributed by atoms with Crippen LogP contribution in [-0.2, 0) is 9.53 Å². The van der Waals surface area contributed by atoms with Crippen molar-refractivity contribution in [2.45, 2.75) is 5.32 Å². The minimum atomic E-state index is -0.133. The first-order chi connectivity index (χ1) is 9.84. The molecule has 2 aromatic rings. The van der Waals surface area contributed by atoms with Crippen LogP contribution in [0.3, 0.4) is 0 Å². The van der Waals surface area contributed by atoms with E-state index in [1.807, 2.05) is 72.8 Å². The Bertz CT molecular complexity index is 550. The van der Waals surface area contributed by atoms with Crippen LogP contribution in [0.15, 0.2) is 66.7 Å². The van der Waals surface area contributed by atoms with Crippen LogP contribution < -0.4 is 4.46 Å². The van der Waals surface area contributed by atoms with E-state index in [1.165, 1.54) is 4.46 Å². The van der Waals surface area contributed by atoms with Gasteiger partial charge < -0.3 is 0 Å². The van der Waals surface area contributed by atoms with Crippen molar-refractivity contribution in [1.29, 1.82) is 0 Å². The van der Waals surface area contributed by atoms with E-state index in [-0.39, 0.29) is 20.9 Å². The fraction of sp³-hybridized carbons (Fsp3) is 0.118. The molecule has 0 unspecified atom stereocenters. The second-order valence-electron chi connectivity index (χ2n) is 4.10. The molecule has 0 N–H and O–H groups in total. The molecule has 0 bridgehead atoms. The van der Waals surface area contributed by atoms with Crippen LogP contribution in [0.25, 0.3) is 6.08 Å². The summed E-state index contributed by atoms with van der Waals surface area (Å²) in [5.74, 6) is -0.133. The number of carbonyl (C=O) groups is 1. The standard InChI is InChI=1S/C17H16O2Se/c18-17(14-20-16-11-5-2-6-12-16)19-13-7-10-15-8-3-1-4-9-15/h1-12H,13-14H2/b10-7+. The number of rotatable bonds is 6. The predicted molar refractivity (Wildman–Crippen MR) is 83.1 cm³/mol. The molecule has 0 aliphatic rings. The number of hydrogen-bond acceptors (Lipinski definition) is 2. The van der Waals surface area contributed by atoms with E-state index >= 15 is 0 Å². The monoisotopic (exact) mass is 332 g/mol. The zero-order chi connectivity index (χ0) is 14.0. The topological polar surface area (TPSA) is 26.3 Å². The Morgan fingerprint density at radius 1 is 1.00 bits per heavy atom. The average molecular weight is 331 g/mol. The third-order valence-corrected chi connectivity index (χ3v) is 4.62. The van der Waals surface area contributed by atoms with Gasteiger partial charge in [0.15, 0.2) is 0 Å². The van der Waals surface area contributed by atoms with E-state index in [0.29, 0.717) is 11.9 Å². The Balaban J connectivity index is 1.67. The third-order valence-electron chi connectivity index (χ3n) is 2.55. The summed E-state index contributed by atoms with van der Waals surface area (Å²) in [6.45, 7) is 0.332. The van der Waals surface area contributed by atoms with E-state index in [9.17, 15) is 4.79 Å². The molecule has 0 atom stereocenters. The first-order valence-corrected chi connectivity index (χ1v) is 8.46. The zero-order valence-corrected chi connectivity index (χ0v) is 12.8. The molecular weight excluding hydrogens is 315 g/mol. The fourth-order valence-electron chi connectivity index (χ4n) is 1.59. The van der Waals surface area contributed by atoms with Gasteiger partial charge in [-0.3, -0.25) is 0 Å². The third kappa shape index (κ3) is 5.43. The Hall–Kier alpha value is -1.83. The molecule has 102 valence electrons. The van der Waals surface area contributed by atoms with Gasteiger partial charge >= 0.3 is 125 Å². The first-order valence-electron chi connectivity index (χ1n) is 6.39. The quantitative estimate of drug-likeness (QED) is 0.601. The predicted octanol–water partition coefficient (Wildman–Crippen LogP) is 2.69. The van der Waals surface area contributed by atoms with Crippen LogP contribution >= 0.6 is 0 Å². The van der Waals surface area contributed by atoms with Crippen molar-refractivity contribution in [3.05, 3.63) is 72.3 Å². The molecule has 0 radical (unpaired) electrons. The second kappa shape index (κ2) is 8.36. The van der Waals surface area contributed by atoms with Crippen molar-refractivity contribution in [3.8, 4) is 0 Å². The molecule has 2 nitrogen and oxygen atoms in total. The maximum atomic E-state index is 11.6. The fourth-order valence-corrected chi connectivity index (χ4v) is 3.10. The zero-order valence-electron chi connectivity index (χ0n) is 11.1. The molecule has 3 heteroatoms. The summed E-state index contributed by atoms with van der Waals surface area (Å²) < 4.78 is 6.39. The summed E-state index contributed by atoms with van der Waals surface area (Å²) >= 11 is 0.154. The van der Waals surface area contributed by atoms with Crippen LogP contribution in [0.5, 0.6) is 0 Å². The number of hydrogen-bond donors (Lipinski definition) is 0. The first kappa shape index (κ1) is 14.6. The number of carbonyl (C=O) groups excluding carboxylic acids is 1. The Morgan fingerprint density at radius 3 is 2.35 bits per heavy atom. The molecule has 0 heterocycles. The van der Waals surface area contributed by atoms with E-state index < -0.39 is 0 Å². The summed E-state index contributed by atoms with van der Waals surface area (Å²) in [5.41, 5.74) is 1.11. The van der Waals surface area contributed by atoms with Gasteiger partial charge in [0.25, 0.3) is 0 Å². The van der Waals surface area contributed by atoms with Crippen molar-refractivity contribution in [2.24, 2.45) is 0 Å². The Labute approximate surface area is 125 Å². The van der Waals surface area contributed by atoms with Crippen molar-refractivity contribution in [1.82, 2.24) is 0 Å². The molecule has 20 heavy (non-hydrogen) atoms. The number of esters is 1. The van der Waals surface area contributed by atoms with Gasteiger partial charge in [-0.05, 0) is 0 Å². The molecule has 0 fully saturated rings. The molecule has 0 saturated heterocycles. The average Bonchev–Trinajstić information content (AvgIpc) is 2.52. The van der Waals surface area contributed by atoms with Crippen molar-refractivity contribution >= 4 is 31.5 Å². The van der Waals surface area contributed by atoms with Crippen LogP contribution in [0, 0.1) is 0 Å². The van der Waals surface area contributed by atoms with Crippen LogP contribution in [0.1, 0.15) is 5.56 Å². The maximum absolute atomic E-state index is 11.6. The molecule has 0 aliphatic carbocycles. The molecule has 0 saturated carbocycles. The molecule has 2 aromatic carbocycles. The molecule has 0 spiro atoms. The van der Waals surface area contributed by atoms with E-state index in [0.717, 1.165) is 5.56 Å². The normalized spacial score (nSPS) is 10.6. The summed E-state index contributed by atoms with van der Waals surface area (Å²) in [7, 11) is 0. The molecule has 0 amide bonds. The van der Waals surface area contributed by atoms with Crippen LogP contribution in [0.2, 0.25) is 5.32 Å². The van der Waals surface area contributed by atoms with Gasteiger partial charge in [0.2, 0.25) is 0 Å². The molecular formula is C17H16O2Se. The van der Waals surface area contributed by atoms with Gasteiger partial charge in [0.05, 0.1) is 0 Å². The van der Waals surface area contributed by atoms with Crippen molar-refractivity contribution < 1.29 is 9.53 Å². The van der Waals surface area contributed by atoms with Crippen LogP contribution in [0.4, 0.5) is 0 Å². The summed E-state index contributed by atoms with van der Waals surface area (Å²) in [5, 5.41) is 0.482. The molecule has 0 aliphatic heterocycles. The van der Waals surface area contributed by atoms with Gasteiger partial charge in [-0.25, -0.2) is 0 Å². The van der Waals surface area contributed by atoms with Gasteiger partial charge in [-0.15, -0.1) is 0 Å².